The van der Waals surface area contributed by atoms with Crippen molar-refractivity contribution >= 4 is 32.7 Å². The van der Waals surface area contributed by atoms with Gasteiger partial charge < -0.3 is 9.88 Å². The summed E-state index contributed by atoms with van der Waals surface area (Å²) in [4.78, 5) is 17.2. The van der Waals surface area contributed by atoms with E-state index in [1.165, 1.54) is 10.6 Å². The van der Waals surface area contributed by atoms with Crippen LogP contribution in [-0.4, -0.2) is 43.2 Å². The molecule has 8 heteroatoms. The zero-order valence-electron chi connectivity index (χ0n) is 17.3. The summed E-state index contributed by atoms with van der Waals surface area (Å²) in [6.45, 7) is 3.81. The molecule has 1 aliphatic rings. The molecule has 0 unspecified atom stereocenters. The monoisotopic (exact) mass is 426 g/mol. The Kier molecular flexibility index (Phi) is 5.51. The summed E-state index contributed by atoms with van der Waals surface area (Å²) in [5, 5.41) is 2.97. The van der Waals surface area contributed by atoms with Crippen molar-refractivity contribution in [2.45, 2.75) is 32.7 Å². The van der Waals surface area contributed by atoms with Gasteiger partial charge in [0.25, 0.3) is 5.91 Å². The number of carbonyl (C=O) groups is 1. The molecular weight excluding hydrogens is 400 g/mol. The molecule has 0 saturated carbocycles. The number of amides is 1. The Morgan fingerprint density at radius 2 is 2.00 bits per heavy atom. The minimum atomic E-state index is -3.31. The van der Waals surface area contributed by atoms with Crippen molar-refractivity contribution in [1.82, 2.24) is 14.9 Å². The van der Waals surface area contributed by atoms with Crippen molar-refractivity contribution < 1.29 is 13.2 Å². The van der Waals surface area contributed by atoms with Crippen LogP contribution in [0, 0.1) is 6.92 Å². The maximum absolute atomic E-state index is 12.6. The Morgan fingerprint density at radius 1 is 1.20 bits per heavy atom. The number of sulfonamides is 1. The molecule has 2 heterocycles. The van der Waals surface area contributed by atoms with Gasteiger partial charge in [-0.3, -0.25) is 9.10 Å². The van der Waals surface area contributed by atoms with Crippen molar-refractivity contribution in [2.75, 3.05) is 23.7 Å². The van der Waals surface area contributed by atoms with E-state index in [1.54, 1.807) is 12.1 Å². The summed E-state index contributed by atoms with van der Waals surface area (Å²) in [6, 6.07) is 13.3. The Hall–Kier alpha value is -2.87. The molecule has 0 atom stereocenters. The minimum absolute atomic E-state index is 0.138. The molecule has 2 aromatic carbocycles. The highest BCUT2D eigenvalue weighted by atomic mass is 32.2. The fourth-order valence-corrected chi connectivity index (χ4v) is 5.06. The molecule has 3 aromatic rings. The maximum Gasteiger partial charge on any atom is 0.251 e. The van der Waals surface area contributed by atoms with E-state index >= 15 is 0 Å². The standard InChI is InChI=1S/C22H26N4O3S/c1-16-24-19-8-3-4-9-21(19)25(16)13-6-12-23-22(27)18-10-11-20-17(15-18)7-5-14-26(20)30(2,28)29/h3-4,8-11,15H,5-7,12-14H2,1-2H3,(H,23,27). The van der Waals surface area contributed by atoms with Crippen LogP contribution in [0.5, 0.6) is 0 Å². The highest BCUT2D eigenvalue weighted by Gasteiger charge is 2.24. The summed E-state index contributed by atoms with van der Waals surface area (Å²) in [5.41, 5.74) is 4.23. The van der Waals surface area contributed by atoms with Gasteiger partial charge in [-0.15, -0.1) is 0 Å². The number of nitrogens with zero attached hydrogens (tertiary/aromatic N) is 3. The largest absolute Gasteiger partial charge is 0.352 e. The molecule has 0 bridgehead atoms. The first-order valence-corrected chi connectivity index (χ1v) is 12.0. The lowest BCUT2D eigenvalue weighted by molar-refractivity contribution is 0.0952. The molecule has 158 valence electrons. The zero-order valence-corrected chi connectivity index (χ0v) is 18.1. The van der Waals surface area contributed by atoms with Crippen LogP contribution >= 0.6 is 0 Å². The van der Waals surface area contributed by atoms with E-state index in [0.29, 0.717) is 24.3 Å². The van der Waals surface area contributed by atoms with E-state index in [2.05, 4.69) is 20.9 Å². The molecular formula is C22H26N4O3S. The molecule has 1 amide bonds. The lowest BCUT2D eigenvalue weighted by Crippen LogP contribution is -2.34. The quantitative estimate of drug-likeness (QED) is 0.615. The Bertz CT molecular complexity index is 1200. The number of hydrogen-bond donors (Lipinski definition) is 1. The second kappa shape index (κ2) is 8.10. The minimum Gasteiger partial charge on any atom is -0.352 e. The van der Waals surface area contributed by atoms with Crippen molar-refractivity contribution in [3.63, 3.8) is 0 Å². The summed E-state index contributed by atoms with van der Waals surface area (Å²) < 4.78 is 27.6. The van der Waals surface area contributed by atoms with Gasteiger partial charge in [0.05, 0.1) is 23.0 Å². The predicted molar refractivity (Wildman–Crippen MR) is 118 cm³/mol. The van der Waals surface area contributed by atoms with Crippen LogP contribution in [0.25, 0.3) is 11.0 Å². The molecule has 1 aliphatic heterocycles. The lowest BCUT2D eigenvalue weighted by atomic mass is 10.0. The van der Waals surface area contributed by atoms with Crippen LogP contribution in [0.4, 0.5) is 5.69 Å². The number of carbonyl (C=O) groups excluding carboxylic acids is 1. The van der Waals surface area contributed by atoms with Gasteiger partial charge in [0, 0.05) is 25.2 Å². The van der Waals surface area contributed by atoms with Crippen LogP contribution in [0.3, 0.4) is 0 Å². The topological polar surface area (TPSA) is 84.3 Å². The number of rotatable bonds is 6. The molecule has 0 spiro atoms. The van der Waals surface area contributed by atoms with Crippen molar-refractivity contribution in [1.29, 1.82) is 0 Å². The number of hydrogen-bond acceptors (Lipinski definition) is 4. The Labute approximate surface area is 176 Å². The SMILES string of the molecule is Cc1nc2ccccc2n1CCCNC(=O)c1ccc2c(c1)CCCN2S(C)(=O)=O. The second-order valence-corrected chi connectivity index (χ2v) is 9.60. The summed E-state index contributed by atoms with van der Waals surface area (Å²) in [6.07, 6.45) is 3.53. The van der Waals surface area contributed by atoms with Gasteiger partial charge >= 0.3 is 0 Å². The lowest BCUT2D eigenvalue weighted by Gasteiger charge is -2.29. The number of anilines is 1. The van der Waals surface area contributed by atoms with Crippen LogP contribution < -0.4 is 9.62 Å². The number of aryl methyl sites for hydroxylation is 3. The fraction of sp³-hybridized carbons (Fsp3) is 0.364. The predicted octanol–water partition coefficient (Wildman–Crippen LogP) is 2.88. The van der Waals surface area contributed by atoms with E-state index in [4.69, 9.17) is 0 Å². The van der Waals surface area contributed by atoms with Crippen LogP contribution in [-0.2, 0) is 23.0 Å². The second-order valence-electron chi connectivity index (χ2n) is 7.69. The first-order chi connectivity index (χ1) is 14.3. The molecule has 0 radical (unpaired) electrons. The van der Waals surface area contributed by atoms with Crippen LogP contribution in [0.2, 0.25) is 0 Å². The van der Waals surface area contributed by atoms with E-state index < -0.39 is 10.0 Å². The highest BCUT2D eigenvalue weighted by molar-refractivity contribution is 7.92. The number of imidazole rings is 1. The van der Waals surface area contributed by atoms with Gasteiger partial charge in [0.1, 0.15) is 5.82 Å². The molecule has 0 saturated heterocycles. The average molecular weight is 427 g/mol. The van der Waals surface area contributed by atoms with Gasteiger partial charge in [-0.2, -0.15) is 0 Å². The number of para-hydroxylation sites is 2. The van der Waals surface area contributed by atoms with Crippen LogP contribution in [0.15, 0.2) is 42.5 Å². The number of nitrogens with one attached hydrogen (secondary N) is 1. The van der Waals surface area contributed by atoms with Gasteiger partial charge in [-0.25, -0.2) is 13.4 Å². The molecule has 0 aliphatic carbocycles. The Morgan fingerprint density at radius 3 is 2.80 bits per heavy atom. The molecule has 7 nitrogen and oxygen atoms in total. The maximum atomic E-state index is 12.6. The van der Waals surface area contributed by atoms with Crippen LogP contribution in [0.1, 0.15) is 34.6 Å². The van der Waals surface area contributed by atoms with E-state index in [1.807, 2.05) is 31.2 Å². The molecule has 0 fully saturated rings. The molecule has 1 N–H and O–H groups in total. The van der Waals surface area contributed by atoms with Crippen molar-refractivity contribution in [3.8, 4) is 0 Å². The third-order valence-corrected chi connectivity index (χ3v) is 6.69. The first-order valence-electron chi connectivity index (χ1n) is 10.2. The Balaban J connectivity index is 1.38. The van der Waals surface area contributed by atoms with E-state index in [0.717, 1.165) is 48.2 Å². The van der Waals surface area contributed by atoms with Crippen molar-refractivity contribution in [2.24, 2.45) is 0 Å². The smallest absolute Gasteiger partial charge is 0.251 e. The number of aromatic nitrogens is 2. The number of benzene rings is 2. The fourth-order valence-electron chi connectivity index (χ4n) is 4.07. The van der Waals surface area contributed by atoms with E-state index in [9.17, 15) is 13.2 Å². The average Bonchev–Trinajstić information content (AvgIpc) is 3.04. The van der Waals surface area contributed by atoms with Gasteiger partial charge in [0.2, 0.25) is 10.0 Å². The summed E-state index contributed by atoms with van der Waals surface area (Å²) in [5.74, 6) is 0.828. The van der Waals surface area contributed by atoms with Gasteiger partial charge in [-0.05, 0) is 62.1 Å². The first kappa shape index (κ1) is 20.4. The van der Waals surface area contributed by atoms with Gasteiger partial charge in [0.15, 0.2) is 0 Å². The summed E-state index contributed by atoms with van der Waals surface area (Å²) >= 11 is 0. The third kappa shape index (κ3) is 4.05. The normalized spacial score (nSPS) is 14.0. The number of fused-ring (bicyclic) bond motifs is 2. The summed E-state index contributed by atoms with van der Waals surface area (Å²) in [7, 11) is -3.31. The zero-order chi connectivity index (χ0) is 21.3. The molecule has 30 heavy (non-hydrogen) atoms. The van der Waals surface area contributed by atoms with Gasteiger partial charge in [-0.1, -0.05) is 12.1 Å². The molecule has 4 rings (SSSR count). The molecule has 1 aromatic heterocycles. The highest BCUT2D eigenvalue weighted by Crippen LogP contribution is 2.29. The van der Waals surface area contributed by atoms with E-state index in [-0.39, 0.29) is 5.91 Å². The van der Waals surface area contributed by atoms with Crippen molar-refractivity contribution in [3.05, 3.63) is 59.4 Å². The third-order valence-electron chi connectivity index (χ3n) is 5.51.